The average molecular weight is 536 g/mol. The first kappa shape index (κ1) is 27.5. The first-order chi connectivity index (χ1) is 19.4. The Morgan fingerprint density at radius 1 is 1.00 bits per heavy atom. The number of carbonyl (C=O) groups excluding carboxylic acids is 4. The summed E-state index contributed by atoms with van der Waals surface area (Å²) in [6.07, 6.45) is 2.90. The van der Waals surface area contributed by atoms with Crippen LogP contribution in [0.2, 0.25) is 0 Å². The number of carbonyl (C=O) groups is 4. The van der Waals surface area contributed by atoms with Gasteiger partial charge in [-0.3, -0.25) is 19.3 Å². The van der Waals surface area contributed by atoms with Gasteiger partial charge in [0.2, 0.25) is 0 Å². The molecule has 0 aliphatic carbocycles. The fraction of sp³-hybridized carbons (Fsp3) is 0.129. The van der Waals surface area contributed by atoms with Gasteiger partial charge in [0.15, 0.2) is 11.5 Å². The number of methoxy groups -OCH3 is 1. The normalized spacial score (nSPS) is 13.2. The summed E-state index contributed by atoms with van der Waals surface area (Å²) in [6.45, 7) is 3.72. The van der Waals surface area contributed by atoms with E-state index in [-0.39, 0.29) is 41.2 Å². The summed E-state index contributed by atoms with van der Waals surface area (Å²) >= 11 is 0. The fourth-order valence-electron chi connectivity index (χ4n) is 4.22. The van der Waals surface area contributed by atoms with Gasteiger partial charge in [-0.1, -0.05) is 54.6 Å². The highest BCUT2D eigenvalue weighted by Gasteiger charge is 2.43. The van der Waals surface area contributed by atoms with Crippen LogP contribution in [0.1, 0.15) is 31.8 Å². The molecule has 1 heterocycles. The van der Waals surface area contributed by atoms with Crippen molar-refractivity contribution in [3.8, 4) is 17.6 Å². The number of amides is 3. The number of rotatable bonds is 10. The monoisotopic (exact) mass is 535 g/mol. The first-order valence-corrected chi connectivity index (χ1v) is 12.3. The molecule has 3 aromatic rings. The van der Waals surface area contributed by atoms with Crippen molar-refractivity contribution in [2.24, 2.45) is 0 Å². The van der Waals surface area contributed by atoms with Crippen LogP contribution in [0.25, 0.3) is 6.08 Å². The lowest BCUT2D eigenvalue weighted by Crippen LogP contribution is -2.48. The lowest BCUT2D eigenvalue weighted by atomic mass is 10.0. The number of benzene rings is 3. The third-order valence-corrected chi connectivity index (χ3v) is 6.16. The van der Waals surface area contributed by atoms with E-state index in [0.717, 1.165) is 10.5 Å². The molecule has 0 spiro atoms. The van der Waals surface area contributed by atoms with Crippen molar-refractivity contribution in [1.29, 1.82) is 5.26 Å². The Balaban J connectivity index is 1.63. The molecule has 0 bridgehead atoms. The highest BCUT2D eigenvalue weighted by molar-refractivity contribution is 6.22. The predicted octanol–water partition coefficient (Wildman–Crippen LogP) is 3.72. The molecule has 0 fully saturated rings. The van der Waals surface area contributed by atoms with Crippen molar-refractivity contribution in [1.82, 2.24) is 10.2 Å². The SMILES string of the molecule is C=CCNC(=O)/C(C#N)=C/c1ccc(OC(=O)C(Cc2ccccc2)N2C(=O)c3ccccc3C2=O)c(OC)c1. The summed E-state index contributed by atoms with van der Waals surface area (Å²) < 4.78 is 11.1. The number of nitrogens with one attached hydrogen (secondary N) is 1. The van der Waals surface area contributed by atoms with Gasteiger partial charge in [0.05, 0.1) is 18.2 Å². The number of esters is 1. The van der Waals surface area contributed by atoms with Gasteiger partial charge in [-0.15, -0.1) is 6.58 Å². The van der Waals surface area contributed by atoms with E-state index in [2.05, 4.69) is 11.9 Å². The Morgan fingerprint density at radius 2 is 1.65 bits per heavy atom. The zero-order valence-corrected chi connectivity index (χ0v) is 21.6. The Labute approximate surface area is 230 Å². The number of hydrogen-bond donors (Lipinski definition) is 1. The van der Waals surface area contributed by atoms with Crippen molar-refractivity contribution in [2.45, 2.75) is 12.5 Å². The maximum absolute atomic E-state index is 13.6. The number of nitriles is 1. The van der Waals surface area contributed by atoms with E-state index in [1.54, 1.807) is 48.5 Å². The van der Waals surface area contributed by atoms with Crippen LogP contribution in [0.4, 0.5) is 0 Å². The average Bonchev–Trinajstić information content (AvgIpc) is 3.23. The summed E-state index contributed by atoms with van der Waals surface area (Å²) in [4.78, 5) is 53.1. The van der Waals surface area contributed by atoms with Crippen LogP contribution < -0.4 is 14.8 Å². The van der Waals surface area contributed by atoms with Crippen molar-refractivity contribution in [3.63, 3.8) is 0 Å². The zero-order valence-electron chi connectivity index (χ0n) is 21.6. The molecular formula is C31H25N3O6. The third kappa shape index (κ3) is 5.81. The van der Waals surface area contributed by atoms with Crippen LogP contribution in [0.3, 0.4) is 0 Å². The van der Waals surface area contributed by atoms with E-state index < -0.39 is 29.7 Å². The van der Waals surface area contributed by atoms with Gasteiger partial charge in [0.1, 0.15) is 17.7 Å². The van der Waals surface area contributed by atoms with Crippen LogP contribution in [0.5, 0.6) is 11.5 Å². The molecule has 1 unspecified atom stereocenters. The third-order valence-electron chi connectivity index (χ3n) is 6.16. The van der Waals surface area contributed by atoms with E-state index in [1.165, 1.54) is 37.5 Å². The van der Waals surface area contributed by atoms with Gasteiger partial charge in [-0.05, 0) is 41.5 Å². The van der Waals surface area contributed by atoms with Gasteiger partial charge in [0.25, 0.3) is 17.7 Å². The fourth-order valence-corrected chi connectivity index (χ4v) is 4.22. The molecule has 3 amide bonds. The largest absolute Gasteiger partial charge is 0.493 e. The van der Waals surface area contributed by atoms with Gasteiger partial charge >= 0.3 is 5.97 Å². The molecule has 200 valence electrons. The molecule has 1 atom stereocenters. The lowest BCUT2D eigenvalue weighted by Gasteiger charge is -2.25. The zero-order chi connectivity index (χ0) is 28.6. The number of hydrogen-bond acceptors (Lipinski definition) is 7. The summed E-state index contributed by atoms with van der Waals surface area (Å²) in [5, 5.41) is 11.9. The van der Waals surface area contributed by atoms with Gasteiger partial charge < -0.3 is 14.8 Å². The predicted molar refractivity (Wildman–Crippen MR) is 146 cm³/mol. The second-order valence-corrected chi connectivity index (χ2v) is 8.73. The molecule has 0 radical (unpaired) electrons. The molecule has 9 heteroatoms. The van der Waals surface area contributed by atoms with E-state index in [9.17, 15) is 24.4 Å². The molecule has 0 saturated heterocycles. The van der Waals surface area contributed by atoms with Crippen LogP contribution in [0.15, 0.2) is 91.0 Å². The van der Waals surface area contributed by atoms with E-state index >= 15 is 0 Å². The van der Waals surface area contributed by atoms with E-state index in [0.29, 0.717) is 5.56 Å². The lowest BCUT2D eigenvalue weighted by molar-refractivity contribution is -0.139. The molecule has 9 nitrogen and oxygen atoms in total. The number of fused-ring (bicyclic) bond motifs is 1. The number of ether oxygens (including phenoxy) is 2. The molecular weight excluding hydrogens is 510 g/mol. The van der Waals surface area contributed by atoms with E-state index in [4.69, 9.17) is 9.47 Å². The second-order valence-electron chi connectivity index (χ2n) is 8.73. The number of nitrogens with zero attached hydrogens (tertiary/aromatic N) is 2. The Bertz CT molecular complexity index is 1520. The maximum atomic E-state index is 13.6. The molecule has 0 aromatic heterocycles. The van der Waals surface area contributed by atoms with Crippen molar-refractivity contribution < 1.29 is 28.7 Å². The summed E-state index contributed by atoms with van der Waals surface area (Å²) in [7, 11) is 1.37. The molecule has 1 aliphatic heterocycles. The standard InChI is InChI=1S/C31H25N3O6/c1-3-15-33-28(35)22(19-32)16-21-13-14-26(27(18-21)39-2)40-31(38)25(17-20-9-5-4-6-10-20)34-29(36)23-11-7-8-12-24(23)30(34)37/h3-14,16,18,25H,1,15,17H2,2H3,(H,33,35)/b22-16+. The summed E-state index contributed by atoms with van der Waals surface area (Å²) in [6, 6.07) is 20.5. The highest BCUT2D eigenvalue weighted by atomic mass is 16.6. The van der Waals surface area contributed by atoms with Gasteiger partial charge in [-0.25, -0.2) is 4.79 Å². The van der Waals surface area contributed by atoms with Gasteiger partial charge in [0, 0.05) is 13.0 Å². The Hall–Kier alpha value is -5.49. The smallest absolute Gasteiger partial charge is 0.335 e. The van der Waals surface area contributed by atoms with Crippen molar-refractivity contribution in [2.75, 3.05) is 13.7 Å². The minimum atomic E-state index is -1.25. The Morgan fingerprint density at radius 3 is 2.25 bits per heavy atom. The second kappa shape index (κ2) is 12.4. The summed E-state index contributed by atoms with van der Waals surface area (Å²) in [5.74, 6) is -2.38. The minimum absolute atomic E-state index is 0.0361. The topological polar surface area (TPSA) is 126 Å². The first-order valence-electron chi connectivity index (χ1n) is 12.3. The number of imide groups is 1. The quantitative estimate of drug-likeness (QED) is 0.105. The molecule has 1 N–H and O–H groups in total. The molecule has 4 rings (SSSR count). The molecule has 1 aliphatic rings. The minimum Gasteiger partial charge on any atom is -0.493 e. The van der Waals surface area contributed by atoms with E-state index in [1.807, 2.05) is 12.1 Å². The summed E-state index contributed by atoms with van der Waals surface area (Å²) in [5.41, 5.74) is 1.48. The van der Waals surface area contributed by atoms with Crippen molar-refractivity contribution in [3.05, 3.63) is 113 Å². The van der Waals surface area contributed by atoms with Crippen molar-refractivity contribution >= 4 is 29.8 Å². The molecule has 40 heavy (non-hydrogen) atoms. The maximum Gasteiger partial charge on any atom is 0.335 e. The van der Waals surface area contributed by atoms with Crippen LogP contribution in [-0.4, -0.2) is 48.3 Å². The highest BCUT2D eigenvalue weighted by Crippen LogP contribution is 2.31. The van der Waals surface area contributed by atoms with Crippen LogP contribution in [-0.2, 0) is 16.0 Å². The molecule has 3 aromatic carbocycles. The van der Waals surface area contributed by atoms with Gasteiger partial charge in [-0.2, -0.15) is 5.26 Å². The van der Waals surface area contributed by atoms with Crippen LogP contribution in [0, 0.1) is 11.3 Å². The van der Waals surface area contributed by atoms with Crippen LogP contribution >= 0.6 is 0 Å². The Kier molecular flexibility index (Phi) is 8.52. The molecule has 0 saturated carbocycles.